The molecule has 8 heteroatoms. The summed E-state index contributed by atoms with van der Waals surface area (Å²) >= 11 is 0.957. The Morgan fingerprint density at radius 2 is 2.29 bits per heavy atom. The monoisotopic (exact) mass is 225 g/mol. The molecular formula is C6H6F3N3OS. The van der Waals surface area contributed by atoms with Crippen LogP contribution in [0.5, 0.6) is 0 Å². The van der Waals surface area contributed by atoms with Gasteiger partial charge in [0, 0.05) is 7.05 Å². The van der Waals surface area contributed by atoms with Gasteiger partial charge in [0.15, 0.2) is 0 Å². The van der Waals surface area contributed by atoms with Crippen LogP contribution in [0.1, 0.15) is 4.88 Å². The Hall–Kier alpha value is -1.18. The zero-order chi connectivity index (χ0) is 10.8. The maximum absolute atomic E-state index is 11.9. The second-order valence-electron chi connectivity index (χ2n) is 2.54. The van der Waals surface area contributed by atoms with E-state index in [0.29, 0.717) is 9.78 Å². The average Bonchev–Trinajstić information content (AvgIpc) is 2.53. The molecule has 0 N–H and O–H groups in total. The average molecular weight is 225 g/mol. The molecule has 1 amide bonds. The van der Waals surface area contributed by atoms with Gasteiger partial charge in [0.1, 0.15) is 0 Å². The number of nitrogens with zero attached hydrogens (tertiary/aromatic N) is 3. The lowest BCUT2D eigenvalue weighted by Crippen LogP contribution is -2.37. The highest BCUT2D eigenvalue weighted by Gasteiger charge is 2.41. The highest BCUT2D eigenvalue weighted by molar-refractivity contribution is 7.05. The molecule has 4 nitrogen and oxygen atoms in total. The van der Waals surface area contributed by atoms with E-state index in [0.717, 1.165) is 18.6 Å². The molecule has 0 saturated heterocycles. The van der Waals surface area contributed by atoms with E-state index in [1.807, 2.05) is 0 Å². The summed E-state index contributed by atoms with van der Waals surface area (Å²) < 4.78 is 39.2. The van der Waals surface area contributed by atoms with Crippen molar-refractivity contribution in [3.63, 3.8) is 0 Å². The van der Waals surface area contributed by atoms with Crippen molar-refractivity contribution in [2.24, 2.45) is 0 Å². The number of hydrogen-bond donors (Lipinski definition) is 0. The lowest BCUT2D eigenvalue weighted by molar-refractivity contribution is -0.184. The maximum atomic E-state index is 11.9. The van der Waals surface area contributed by atoms with Crippen molar-refractivity contribution in [1.29, 1.82) is 0 Å². The molecule has 1 heterocycles. The van der Waals surface area contributed by atoms with Crippen LogP contribution in [0.4, 0.5) is 13.2 Å². The molecule has 0 aliphatic heterocycles. The number of halogens is 3. The van der Waals surface area contributed by atoms with Crippen LogP contribution >= 0.6 is 11.5 Å². The molecule has 0 unspecified atom stereocenters. The Kier molecular flexibility index (Phi) is 3.04. The molecule has 0 saturated carbocycles. The molecule has 0 radical (unpaired) electrons. The van der Waals surface area contributed by atoms with Gasteiger partial charge >= 0.3 is 12.1 Å². The van der Waals surface area contributed by atoms with E-state index in [2.05, 4.69) is 9.59 Å². The summed E-state index contributed by atoms with van der Waals surface area (Å²) in [5.74, 6) is -1.87. The fraction of sp³-hybridized carbons (Fsp3) is 0.500. The van der Waals surface area contributed by atoms with Gasteiger partial charge in [-0.2, -0.15) is 13.2 Å². The Balaban J connectivity index is 2.59. The first-order valence-corrected chi connectivity index (χ1v) is 4.27. The van der Waals surface area contributed by atoms with Gasteiger partial charge in [-0.15, -0.1) is 5.10 Å². The number of rotatable bonds is 2. The Morgan fingerprint density at radius 3 is 2.71 bits per heavy atom. The SMILES string of the molecule is CN(Cc1cnns1)C(=O)C(F)(F)F. The van der Waals surface area contributed by atoms with Crippen LogP contribution in [0.3, 0.4) is 0 Å². The molecule has 1 aromatic rings. The zero-order valence-electron chi connectivity index (χ0n) is 7.08. The number of carbonyl (C=O) groups is 1. The summed E-state index contributed by atoms with van der Waals surface area (Å²) in [4.78, 5) is 11.7. The molecule has 0 atom stereocenters. The maximum Gasteiger partial charge on any atom is 0.471 e. The van der Waals surface area contributed by atoms with Crippen molar-refractivity contribution >= 4 is 17.4 Å². The minimum atomic E-state index is -4.83. The molecule has 0 aliphatic rings. The largest absolute Gasteiger partial charge is 0.471 e. The van der Waals surface area contributed by atoms with Crippen LogP contribution in [-0.2, 0) is 11.3 Å². The zero-order valence-corrected chi connectivity index (χ0v) is 7.89. The molecule has 0 spiro atoms. The van der Waals surface area contributed by atoms with Crippen LogP contribution in [-0.4, -0.2) is 33.6 Å². The van der Waals surface area contributed by atoms with E-state index in [1.165, 1.54) is 6.20 Å². The number of hydrogen-bond acceptors (Lipinski definition) is 4. The summed E-state index contributed by atoms with van der Waals surface area (Å²) in [5.41, 5.74) is 0. The third-order valence-corrected chi connectivity index (χ3v) is 2.03. The van der Waals surface area contributed by atoms with Gasteiger partial charge in [0.05, 0.1) is 17.6 Å². The van der Waals surface area contributed by atoms with Gasteiger partial charge in [0.25, 0.3) is 0 Å². The number of carbonyl (C=O) groups excluding carboxylic acids is 1. The highest BCUT2D eigenvalue weighted by atomic mass is 32.1. The van der Waals surface area contributed by atoms with Crippen LogP contribution in [0.15, 0.2) is 6.20 Å². The van der Waals surface area contributed by atoms with Crippen LogP contribution in [0.2, 0.25) is 0 Å². The third kappa shape index (κ3) is 2.66. The van der Waals surface area contributed by atoms with Gasteiger partial charge < -0.3 is 4.90 Å². The summed E-state index contributed by atoms with van der Waals surface area (Å²) in [5, 5.41) is 3.45. The molecule has 0 fully saturated rings. The first kappa shape index (κ1) is 10.9. The topological polar surface area (TPSA) is 46.1 Å². The lowest BCUT2D eigenvalue weighted by Gasteiger charge is -2.16. The first-order chi connectivity index (χ1) is 6.41. The molecule has 0 aromatic carbocycles. The highest BCUT2D eigenvalue weighted by Crippen LogP contribution is 2.19. The summed E-state index contributed by atoms with van der Waals surface area (Å²) in [7, 11) is 1.08. The summed E-state index contributed by atoms with van der Waals surface area (Å²) in [6, 6.07) is 0. The number of aromatic nitrogens is 2. The smallest absolute Gasteiger partial charge is 0.333 e. The van der Waals surface area contributed by atoms with Crippen LogP contribution < -0.4 is 0 Å². The predicted octanol–water partition coefficient (Wildman–Crippen LogP) is 1.06. The fourth-order valence-corrected chi connectivity index (χ4v) is 1.32. The minimum absolute atomic E-state index is 0.129. The molecule has 0 aliphatic carbocycles. The van der Waals surface area contributed by atoms with Gasteiger partial charge in [-0.25, -0.2) is 0 Å². The van der Waals surface area contributed by atoms with E-state index in [1.54, 1.807) is 0 Å². The van der Waals surface area contributed by atoms with Crippen molar-refractivity contribution in [2.45, 2.75) is 12.7 Å². The Labute approximate surface area is 81.5 Å². The van der Waals surface area contributed by atoms with E-state index in [9.17, 15) is 18.0 Å². The molecule has 1 aromatic heterocycles. The standard InChI is InChI=1S/C6H6F3N3OS/c1-12(5(13)6(7,8)9)3-4-2-10-11-14-4/h2H,3H2,1H3. The number of alkyl halides is 3. The van der Waals surface area contributed by atoms with Crippen LogP contribution in [0.25, 0.3) is 0 Å². The van der Waals surface area contributed by atoms with E-state index >= 15 is 0 Å². The molecule has 1 rings (SSSR count). The van der Waals surface area contributed by atoms with Crippen molar-refractivity contribution in [3.8, 4) is 0 Å². The summed E-state index contributed by atoms with van der Waals surface area (Å²) in [6.07, 6.45) is -3.50. The van der Waals surface area contributed by atoms with E-state index in [-0.39, 0.29) is 6.54 Å². The van der Waals surface area contributed by atoms with Crippen molar-refractivity contribution in [1.82, 2.24) is 14.5 Å². The van der Waals surface area contributed by atoms with Gasteiger partial charge in [0.2, 0.25) is 0 Å². The second kappa shape index (κ2) is 3.91. The van der Waals surface area contributed by atoms with E-state index < -0.39 is 12.1 Å². The first-order valence-electron chi connectivity index (χ1n) is 3.50. The van der Waals surface area contributed by atoms with Gasteiger partial charge in [-0.05, 0) is 11.5 Å². The quantitative estimate of drug-likeness (QED) is 0.756. The molecular weight excluding hydrogens is 219 g/mol. The second-order valence-corrected chi connectivity index (χ2v) is 3.41. The molecule has 14 heavy (non-hydrogen) atoms. The number of amides is 1. The lowest BCUT2D eigenvalue weighted by atomic mass is 10.4. The van der Waals surface area contributed by atoms with Crippen molar-refractivity contribution < 1.29 is 18.0 Å². The minimum Gasteiger partial charge on any atom is -0.333 e. The third-order valence-electron chi connectivity index (χ3n) is 1.39. The van der Waals surface area contributed by atoms with Crippen molar-refractivity contribution in [3.05, 3.63) is 11.1 Å². The van der Waals surface area contributed by atoms with Crippen molar-refractivity contribution in [2.75, 3.05) is 7.05 Å². The van der Waals surface area contributed by atoms with Gasteiger partial charge in [-0.3, -0.25) is 4.79 Å². The Bertz CT molecular complexity index is 311. The van der Waals surface area contributed by atoms with E-state index in [4.69, 9.17) is 0 Å². The van der Waals surface area contributed by atoms with Gasteiger partial charge in [-0.1, -0.05) is 4.49 Å². The molecule has 78 valence electrons. The predicted molar refractivity (Wildman–Crippen MR) is 42.4 cm³/mol. The summed E-state index contributed by atoms with van der Waals surface area (Å²) in [6.45, 7) is -0.129. The fourth-order valence-electron chi connectivity index (χ4n) is 0.779. The Morgan fingerprint density at radius 1 is 1.64 bits per heavy atom. The normalized spacial score (nSPS) is 11.4. The molecule has 0 bridgehead atoms. The van der Waals surface area contributed by atoms with Crippen LogP contribution in [0, 0.1) is 0 Å².